The normalized spacial score (nSPS) is 11.3. The van der Waals surface area contributed by atoms with Crippen LogP contribution in [0.2, 0.25) is 0 Å². The molecule has 1 rings (SSSR count). The van der Waals surface area contributed by atoms with E-state index in [-0.39, 0.29) is 0 Å². The highest BCUT2D eigenvalue weighted by molar-refractivity contribution is 5.99. The Balaban J connectivity index is 2.89. The first-order valence-electron chi connectivity index (χ1n) is 4.84. The number of benzene rings is 1. The lowest BCUT2D eigenvalue weighted by molar-refractivity contribution is 1.33. The number of allylic oxidation sites excluding steroid dienone is 1. The van der Waals surface area contributed by atoms with Gasteiger partial charge in [-0.05, 0) is 33.3 Å². The zero-order valence-electron chi connectivity index (χ0n) is 9.33. The van der Waals surface area contributed by atoms with E-state index in [1.165, 1.54) is 16.7 Å². The average molecular weight is 187 g/mol. The molecule has 0 fully saturated rings. The minimum atomic E-state index is 1.06. The van der Waals surface area contributed by atoms with Gasteiger partial charge in [0.05, 0.1) is 0 Å². The van der Waals surface area contributed by atoms with Gasteiger partial charge in [0.25, 0.3) is 0 Å². The van der Waals surface area contributed by atoms with Crippen molar-refractivity contribution in [3.05, 3.63) is 47.2 Å². The number of rotatable bonds is 2. The van der Waals surface area contributed by atoms with Crippen molar-refractivity contribution in [3.8, 4) is 0 Å². The van der Waals surface area contributed by atoms with E-state index in [0.717, 1.165) is 5.71 Å². The van der Waals surface area contributed by atoms with Crippen LogP contribution in [0.4, 0.5) is 0 Å². The van der Waals surface area contributed by atoms with Gasteiger partial charge in [0.2, 0.25) is 0 Å². The van der Waals surface area contributed by atoms with E-state index in [1.807, 2.05) is 27.0 Å². The summed E-state index contributed by atoms with van der Waals surface area (Å²) in [7, 11) is 0. The highest BCUT2D eigenvalue weighted by Crippen LogP contribution is 2.05. The van der Waals surface area contributed by atoms with E-state index in [4.69, 9.17) is 0 Å². The SMILES string of the molecule is CC(C)=CN=C(C)c1ccc(C)cc1. The van der Waals surface area contributed by atoms with Crippen LogP contribution in [-0.2, 0) is 0 Å². The van der Waals surface area contributed by atoms with E-state index in [0.29, 0.717) is 0 Å². The van der Waals surface area contributed by atoms with Crippen LogP contribution in [0.1, 0.15) is 31.9 Å². The maximum Gasteiger partial charge on any atom is 0.0444 e. The Morgan fingerprint density at radius 1 is 1.07 bits per heavy atom. The Hall–Kier alpha value is -1.37. The molecule has 1 aromatic carbocycles. The van der Waals surface area contributed by atoms with Crippen molar-refractivity contribution in [2.45, 2.75) is 27.7 Å². The van der Waals surface area contributed by atoms with Crippen LogP contribution in [0, 0.1) is 6.92 Å². The second-order valence-corrected chi connectivity index (χ2v) is 3.79. The largest absolute Gasteiger partial charge is 0.261 e. The summed E-state index contributed by atoms with van der Waals surface area (Å²) in [6.07, 6.45) is 1.90. The third-order valence-corrected chi connectivity index (χ3v) is 1.99. The topological polar surface area (TPSA) is 12.4 Å². The van der Waals surface area contributed by atoms with Gasteiger partial charge in [-0.1, -0.05) is 35.4 Å². The van der Waals surface area contributed by atoms with Crippen LogP contribution in [0.25, 0.3) is 0 Å². The van der Waals surface area contributed by atoms with Gasteiger partial charge >= 0.3 is 0 Å². The van der Waals surface area contributed by atoms with Gasteiger partial charge in [0.15, 0.2) is 0 Å². The molecule has 0 saturated carbocycles. The zero-order chi connectivity index (χ0) is 10.6. The molecular formula is C13H17N. The van der Waals surface area contributed by atoms with Gasteiger partial charge in [-0.15, -0.1) is 0 Å². The first-order valence-corrected chi connectivity index (χ1v) is 4.84. The summed E-state index contributed by atoms with van der Waals surface area (Å²) >= 11 is 0. The minimum absolute atomic E-state index is 1.06. The zero-order valence-corrected chi connectivity index (χ0v) is 9.33. The fourth-order valence-electron chi connectivity index (χ4n) is 1.10. The van der Waals surface area contributed by atoms with Crippen molar-refractivity contribution in [1.82, 2.24) is 0 Å². The molecule has 1 heteroatoms. The lowest BCUT2D eigenvalue weighted by Crippen LogP contribution is -1.93. The molecule has 0 spiro atoms. The second kappa shape index (κ2) is 4.75. The monoisotopic (exact) mass is 187 g/mol. The molecule has 0 aromatic heterocycles. The van der Waals surface area contributed by atoms with Gasteiger partial charge in [-0.2, -0.15) is 0 Å². The van der Waals surface area contributed by atoms with E-state index in [2.05, 4.69) is 36.2 Å². The average Bonchev–Trinajstić information content (AvgIpc) is 2.15. The van der Waals surface area contributed by atoms with Gasteiger partial charge < -0.3 is 0 Å². The van der Waals surface area contributed by atoms with Gasteiger partial charge in [0, 0.05) is 11.9 Å². The summed E-state index contributed by atoms with van der Waals surface area (Å²) in [5, 5.41) is 0. The summed E-state index contributed by atoms with van der Waals surface area (Å²) in [6, 6.07) is 8.42. The Morgan fingerprint density at radius 2 is 1.64 bits per heavy atom. The summed E-state index contributed by atoms with van der Waals surface area (Å²) in [4.78, 5) is 4.38. The van der Waals surface area contributed by atoms with Gasteiger partial charge in [-0.3, -0.25) is 4.99 Å². The summed E-state index contributed by atoms with van der Waals surface area (Å²) in [5.41, 5.74) is 4.75. The number of aliphatic imine (C=N–C) groups is 1. The number of nitrogens with zero attached hydrogens (tertiary/aromatic N) is 1. The van der Waals surface area contributed by atoms with Crippen LogP contribution in [0.3, 0.4) is 0 Å². The van der Waals surface area contributed by atoms with Crippen LogP contribution in [0.15, 0.2) is 41.0 Å². The van der Waals surface area contributed by atoms with Crippen molar-refractivity contribution in [2.75, 3.05) is 0 Å². The Kier molecular flexibility index (Phi) is 3.63. The molecule has 0 radical (unpaired) electrons. The molecule has 0 amide bonds. The molecule has 14 heavy (non-hydrogen) atoms. The highest BCUT2D eigenvalue weighted by atomic mass is 14.7. The molecule has 0 unspecified atom stereocenters. The van der Waals surface area contributed by atoms with Crippen LogP contribution < -0.4 is 0 Å². The maximum absolute atomic E-state index is 4.38. The van der Waals surface area contributed by atoms with Gasteiger partial charge in [0.1, 0.15) is 0 Å². The maximum atomic E-state index is 4.38. The highest BCUT2D eigenvalue weighted by Gasteiger charge is 1.94. The Bertz CT molecular complexity index is 351. The molecule has 0 aliphatic carbocycles. The first-order chi connectivity index (χ1) is 6.59. The smallest absolute Gasteiger partial charge is 0.0444 e. The molecule has 1 aromatic rings. The van der Waals surface area contributed by atoms with Crippen molar-refractivity contribution in [3.63, 3.8) is 0 Å². The predicted octanol–water partition coefficient (Wildman–Crippen LogP) is 3.73. The first kappa shape index (κ1) is 10.7. The molecule has 0 bridgehead atoms. The second-order valence-electron chi connectivity index (χ2n) is 3.79. The van der Waals surface area contributed by atoms with Crippen molar-refractivity contribution in [2.24, 2.45) is 4.99 Å². The third kappa shape index (κ3) is 3.17. The van der Waals surface area contributed by atoms with Crippen LogP contribution in [0.5, 0.6) is 0 Å². The van der Waals surface area contributed by atoms with Crippen LogP contribution >= 0.6 is 0 Å². The van der Waals surface area contributed by atoms with Crippen molar-refractivity contribution in [1.29, 1.82) is 0 Å². The lowest BCUT2D eigenvalue weighted by Gasteiger charge is -1.99. The van der Waals surface area contributed by atoms with Crippen molar-refractivity contribution < 1.29 is 0 Å². The number of hydrogen-bond donors (Lipinski definition) is 0. The summed E-state index contributed by atoms with van der Waals surface area (Å²) in [6.45, 7) is 8.22. The third-order valence-electron chi connectivity index (χ3n) is 1.99. The molecule has 0 saturated heterocycles. The lowest BCUT2D eigenvalue weighted by atomic mass is 10.1. The quantitative estimate of drug-likeness (QED) is 0.626. The van der Waals surface area contributed by atoms with E-state index in [9.17, 15) is 0 Å². The molecule has 0 aliphatic heterocycles. The Morgan fingerprint density at radius 3 is 2.14 bits per heavy atom. The summed E-state index contributed by atoms with van der Waals surface area (Å²) < 4.78 is 0. The molecule has 0 atom stereocenters. The van der Waals surface area contributed by atoms with Gasteiger partial charge in [-0.25, -0.2) is 0 Å². The predicted molar refractivity (Wildman–Crippen MR) is 62.8 cm³/mol. The van der Waals surface area contributed by atoms with E-state index in [1.54, 1.807) is 0 Å². The molecule has 0 heterocycles. The van der Waals surface area contributed by atoms with Crippen molar-refractivity contribution >= 4 is 5.71 Å². The molecule has 0 N–H and O–H groups in total. The fraction of sp³-hybridized carbons (Fsp3) is 0.308. The standard InChI is InChI=1S/C13H17N/c1-10(2)9-14-12(4)13-7-5-11(3)6-8-13/h5-9H,1-4H3. The summed E-state index contributed by atoms with van der Waals surface area (Å²) in [5.74, 6) is 0. The van der Waals surface area contributed by atoms with Crippen LogP contribution in [-0.4, -0.2) is 5.71 Å². The fourth-order valence-corrected chi connectivity index (χ4v) is 1.10. The molecular weight excluding hydrogens is 170 g/mol. The molecule has 74 valence electrons. The van der Waals surface area contributed by atoms with E-state index >= 15 is 0 Å². The van der Waals surface area contributed by atoms with E-state index < -0.39 is 0 Å². The number of hydrogen-bond acceptors (Lipinski definition) is 1. The number of aryl methyl sites for hydroxylation is 1. The minimum Gasteiger partial charge on any atom is -0.261 e. The Labute approximate surface area is 86.2 Å². The molecule has 1 nitrogen and oxygen atoms in total. The molecule has 0 aliphatic rings.